The molecule has 1 unspecified atom stereocenters. The molecule has 2 nitrogen and oxygen atoms in total. The van der Waals surface area contributed by atoms with Crippen LogP contribution in [-0.4, -0.2) is 11.4 Å². The van der Waals surface area contributed by atoms with E-state index in [0.29, 0.717) is 6.61 Å². The maximum absolute atomic E-state index is 9.54. The second-order valence-corrected chi connectivity index (χ2v) is 3.76. The molecule has 17 heavy (non-hydrogen) atoms. The van der Waals surface area contributed by atoms with Crippen LogP contribution in [0.25, 0.3) is 0 Å². The highest BCUT2D eigenvalue weighted by Gasteiger charge is 1.98. The van der Waals surface area contributed by atoms with Crippen molar-refractivity contribution in [3.63, 3.8) is 0 Å². The van der Waals surface area contributed by atoms with Crippen LogP contribution in [0.4, 0.5) is 0 Å². The van der Waals surface area contributed by atoms with E-state index in [2.05, 4.69) is 6.08 Å². The van der Waals surface area contributed by atoms with Crippen molar-refractivity contribution >= 4 is 0 Å². The number of hydrogen-bond donors (Lipinski definition) is 1. The number of ether oxygens (including phenoxy) is 1. The minimum atomic E-state index is -0.819. The molecule has 0 spiro atoms. The smallest absolute Gasteiger partial charge is 0.174 e. The molecule has 0 saturated carbocycles. The van der Waals surface area contributed by atoms with Crippen molar-refractivity contribution in [3.05, 3.63) is 60.2 Å². The topological polar surface area (TPSA) is 29.5 Å². The fourth-order valence-corrected chi connectivity index (χ4v) is 1.38. The first-order chi connectivity index (χ1) is 8.33. The molecule has 0 saturated heterocycles. The molecule has 0 heterocycles. The highest BCUT2D eigenvalue weighted by Crippen LogP contribution is 2.03. The summed E-state index contributed by atoms with van der Waals surface area (Å²) in [6.07, 6.45) is 8.86. The van der Waals surface area contributed by atoms with E-state index in [0.717, 1.165) is 18.4 Å². The molecule has 1 aromatic carbocycles. The Morgan fingerprint density at radius 2 is 1.88 bits per heavy atom. The fourth-order valence-electron chi connectivity index (χ4n) is 1.38. The maximum Gasteiger partial charge on any atom is 0.174 e. The van der Waals surface area contributed by atoms with Gasteiger partial charge in [0.15, 0.2) is 6.29 Å². The molecule has 0 amide bonds. The number of hydrogen-bond acceptors (Lipinski definition) is 2. The first-order valence-electron chi connectivity index (χ1n) is 5.94. The van der Waals surface area contributed by atoms with E-state index in [1.165, 1.54) is 0 Å². The Hall–Kier alpha value is -1.38. The molecule has 0 radical (unpaired) electrons. The predicted molar refractivity (Wildman–Crippen MR) is 70.4 cm³/mol. The lowest BCUT2D eigenvalue weighted by Crippen LogP contribution is -2.07. The van der Waals surface area contributed by atoms with Crippen LogP contribution in [0.5, 0.6) is 0 Å². The van der Waals surface area contributed by atoms with E-state index in [9.17, 15) is 5.11 Å². The summed E-state index contributed by atoms with van der Waals surface area (Å²) in [5, 5.41) is 9.54. The number of allylic oxidation sites excluding steroid dienone is 3. The first kappa shape index (κ1) is 13.7. The van der Waals surface area contributed by atoms with Gasteiger partial charge in [-0.25, -0.2) is 0 Å². The molecule has 0 aliphatic carbocycles. The van der Waals surface area contributed by atoms with Crippen molar-refractivity contribution in [3.8, 4) is 0 Å². The van der Waals surface area contributed by atoms with Gasteiger partial charge in [0.05, 0.1) is 6.61 Å². The number of aliphatic hydroxyl groups is 1. The van der Waals surface area contributed by atoms with Gasteiger partial charge in [0, 0.05) is 0 Å². The minimum absolute atomic E-state index is 0.432. The zero-order valence-corrected chi connectivity index (χ0v) is 10.3. The van der Waals surface area contributed by atoms with Crippen LogP contribution in [0.3, 0.4) is 0 Å². The van der Waals surface area contributed by atoms with Gasteiger partial charge in [-0.1, -0.05) is 48.6 Å². The van der Waals surface area contributed by atoms with Gasteiger partial charge >= 0.3 is 0 Å². The van der Waals surface area contributed by atoms with Gasteiger partial charge in [-0.15, -0.1) is 0 Å². The van der Waals surface area contributed by atoms with Gasteiger partial charge in [-0.2, -0.15) is 0 Å². The molecule has 0 bridgehead atoms. The summed E-state index contributed by atoms with van der Waals surface area (Å²) >= 11 is 0. The maximum atomic E-state index is 9.54. The summed E-state index contributed by atoms with van der Waals surface area (Å²) in [5.74, 6) is 0. The number of benzene rings is 1. The summed E-state index contributed by atoms with van der Waals surface area (Å²) in [7, 11) is 0. The molecule has 1 N–H and O–H groups in total. The van der Waals surface area contributed by atoms with Crippen molar-refractivity contribution in [2.45, 2.75) is 32.7 Å². The molecular weight excluding hydrogens is 212 g/mol. The van der Waals surface area contributed by atoms with Gasteiger partial charge in [0.1, 0.15) is 0 Å². The third-order valence-corrected chi connectivity index (χ3v) is 2.30. The van der Waals surface area contributed by atoms with Crippen LogP contribution in [0.15, 0.2) is 54.6 Å². The Kier molecular flexibility index (Phi) is 7.03. The molecular formula is C15H20O2. The second-order valence-electron chi connectivity index (χ2n) is 3.76. The van der Waals surface area contributed by atoms with Crippen LogP contribution in [0, 0.1) is 0 Å². The van der Waals surface area contributed by atoms with Crippen molar-refractivity contribution < 1.29 is 9.84 Å². The lowest BCUT2D eigenvalue weighted by atomic mass is 10.2. The average molecular weight is 232 g/mol. The van der Waals surface area contributed by atoms with Gasteiger partial charge in [0.25, 0.3) is 0 Å². The van der Waals surface area contributed by atoms with Crippen LogP contribution >= 0.6 is 0 Å². The molecule has 0 aromatic heterocycles. The molecule has 2 heteroatoms. The largest absolute Gasteiger partial charge is 0.365 e. The Balaban J connectivity index is 2.19. The van der Waals surface area contributed by atoms with Crippen molar-refractivity contribution in [2.24, 2.45) is 0 Å². The Morgan fingerprint density at radius 3 is 2.59 bits per heavy atom. The van der Waals surface area contributed by atoms with E-state index in [-0.39, 0.29) is 0 Å². The molecule has 1 atom stereocenters. The van der Waals surface area contributed by atoms with E-state index >= 15 is 0 Å². The summed E-state index contributed by atoms with van der Waals surface area (Å²) in [4.78, 5) is 0. The van der Waals surface area contributed by atoms with Crippen molar-refractivity contribution in [1.29, 1.82) is 0 Å². The SMILES string of the molecule is CC=CCCC=CC(O)OCc1ccccc1. The Bertz CT molecular complexity index is 341. The third kappa shape index (κ3) is 6.72. The summed E-state index contributed by atoms with van der Waals surface area (Å²) < 4.78 is 5.29. The highest BCUT2D eigenvalue weighted by atomic mass is 16.6. The summed E-state index contributed by atoms with van der Waals surface area (Å²) in [6.45, 7) is 2.43. The number of aliphatic hydroxyl groups excluding tert-OH is 1. The van der Waals surface area contributed by atoms with Crippen molar-refractivity contribution in [2.75, 3.05) is 0 Å². The average Bonchev–Trinajstić information content (AvgIpc) is 2.37. The first-order valence-corrected chi connectivity index (χ1v) is 5.94. The number of rotatable bonds is 7. The normalized spacial score (nSPS) is 13.5. The van der Waals surface area contributed by atoms with Crippen LogP contribution < -0.4 is 0 Å². The van der Waals surface area contributed by atoms with Crippen LogP contribution in [-0.2, 0) is 11.3 Å². The van der Waals surface area contributed by atoms with E-state index in [1.807, 2.05) is 49.4 Å². The van der Waals surface area contributed by atoms with Crippen LogP contribution in [0.1, 0.15) is 25.3 Å². The molecule has 0 aliphatic heterocycles. The molecule has 1 rings (SSSR count). The van der Waals surface area contributed by atoms with Gasteiger partial charge in [0.2, 0.25) is 0 Å². The van der Waals surface area contributed by atoms with Gasteiger partial charge in [-0.3, -0.25) is 0 Å². The molecule has 92 valence electrons. The molecule has 0 fully saturated rings. The standard InChI is InChI=1S/C15H20O2/c1-2-3-4-5-9-12-15(16)17-13-14-10-7-6-8-11-14/h2-3,6-12,15-16H,4-5,13H2,1H3. The van der Waals surface area contributed by atoms with E-state index in [4.69, 9.17) is 4.74 Å². The Labute approximate surface area is 103 Å². The minimum Gasteiger partial charge on any atom is -0.365 e. The third-order valence-electron chi connectivity index (χ3n) is 2.30. The monoisotopic (exact) mass is 232 g/mol. The predicted octanol–water partition coefficient (Wildman–Crippen LogP) is 3.43. The number of unbranched alkanes of at least 4 members (excludes halogenated alkanes) is 1. The van der Waals surface area contributed by atoms with Gasteiger partial charge < -0.3 is 9.84 Å². The fraction of sp³-hybridized carbons (Fsp3) is 0.333. The zero-order valence-electron chi connectivity index (χ0n) is 10.3. The summed E-state index contributed by atoms with van der Waals surface area (Å²) in [5.41, 5.74) is 1.06. The molecule has 1 aromatic rings. The highest BCUT2D eigenvalue weighted by molar-refractivity contribution is 5.13. The Morgan fingerprint density at radius 1 is 1.18 bits per heavy atom. The lowest BCUT2D eigenvalue weighted by molar-refractivity contribution is -0.0734. The molecule has 0 aliphatic rings. The van der Waals surface area contributed by atoms with Gasteiger partial charge in [-0.05, 0) is 31.4 Å². The zero-order chi connectivity index (χ0) is 12.3. The van der Waals surface area contributed by atoms with E-state index in [1.54, 1.807) is 6.08 Å². The quantitative estimate of drug-likeness (QED) is 0.443. The van der Waals surface area contributed by atoms with Crippen molar-refractivity contribution in [1.82, 2.24) is 0 Å². The van der Waals surface area contributed by atoms with E-state index < -0.39 is 6.29 Å². The second kappa shape index (κ2) is 8.74. The van der Waals surface area contributed by atoms with Crippen LogP contribution in [0.2, 0.25) is 0 Å². The lowest BCUT2D eigenvalue weighted by Gasteiger charge is -2.07. The summed E-state index contributed by atoms with van der Waals surface area (Å²) in [6, 6.07) is 9.82.